The summed E-state index contributed by atoms with van der Waals surface area (Å²) in [6, 6.07) is 10.5. The van der Waals surface area contributed by atoms with Gasteiger partial charge in [-0.15, -0.1) is 11.8 Å². The minimum absolute atomic E-state index is 0.0836. The highest BCUT2D eigenvalue weighted by Gasteiger charge is 2.13. The summed E-state index contributed by atoms with van der Waals surface area (Å²) >= 11 is 7.37. The van der Waals surface area contributed by atoms with Crippen LogP contribution >= 0.6 is 23.4 Å². The average Bonchev–Trinajstić information content (AvgIpc) is 2.39. The van der Waals surface area contributed by atoms with E-state index in [1.54, 1.807) is 11.8 Å². The maximum Gasteiger partial charge on any atom is 0.339 e. The Kier molecular flexibility index (Phi) is 4.29. The number of nitrogens with zero attached hydrogens (tertiary/aromatic N) is 1. The van der Waals surface area contributed by atoms with E-state index in [1.165, 1.54) is 12.1 Å². The topological polar surface area (TPSA) is 62.2 Å². The van der Waals surface area contributed by atoms with Gasteiger partial charge in [0.1, 0.15) is 16.5 Å². The fraction of sp³-hybridized carbons (Fsp3) is 0.0769. The highest BCUT2D eigenvalue weighted by atomic mass is 35.5. The molecular weight excluding hydrogens is 284 g/mol. The second-order valence-corrected chi connectivity index (χ2v) is 4.90. The summed E-state index contributed by atoms with van der Waals surface area (Å²) in [5.41, 5.74) is 0.882. The SMILES string of the molecule is CSc1ccccc1Nc1nc(Cl)ccc1C(=O)O. The minimum atomic E-state index is -1.05. The summed E-state index contributed by atoms with van der Waals surface area (Å²) in [6.45, 7) is 0. The molecule has 0 spiro atoms. The molecule has 0 unspecified atom stereocenters. The van der Waals surface area contributed by atoms with Crippen molar-refractivity contribution in [1.82, 2.24) is 4.98 Å². The summed E-state index contributed by atoms with van der Waals surface area (Å²) < 4.78 is 0. The van der Waals surface area contributed by atoms with Crippen LogP contribution in [0.4, 0.5) is 11.5 Å². The number of thioether (sulfide) groups is 1. The number of rotatable bonds is 4. The van der Waals surface area contributed by atoms with Crippen LogP contribution in [-0.2, 0) is 0 Å². The van der Waals surface area contributed by atoms with E-state index in [0.717, 1.165) is 10.6 Å². The molecule has 98 valence electrons. The number of hydrogen-bond donors (Lipinski definition) is 2. The molecule has 4 nitrogen and oxygen atoms in total. The third kappa shape index (κ3) is 3.19. The molecule has 0 radical (unpaired) electrons. The van der Waals surface area contributed by atoms with E-state index in [4.69, 9.17) is 16.7 Å². The summed E-state index contributed by atoms with van der Waals surface area (Å²) in [5.74, 6) is -0.810. The van der Waals surface area contributed by atoms with Crippen LogP contribution in [0.15, 0.2) is 41.3 Å². The number of anilines is 2. The Morgan fingerprint density at radius 3 is 2.74 bits per heavy atom. The zero-order valence-electron chi connectivity index (χ0n) is 10.1. The Morgan fingerprint density at radius 1 is 1.32 bits per heavy atom. The summed E-state index contributed by atoms with van der Waals surface area (Å²) in [5, 5.41) is 12.4. The van der Waals surface area contributed by atoms with Gasteiger partial charge in [-0.25, -0.2) is 9.78 Å². The molecule has 2 aromatic rings. The highest BCUT2D eigenvalue weighted by Crippen LogP contribution is 2.29. The van der Waals surface area contributed by atoms with Crippen molar-refractivity contribution >= 4 is 40.8 Å². The molecule has 0 saturated heterocycles. The van der Waals surface area contributed by atoms with Gasteiger partial charge in [0.25, 0.3) is 0 Å². The van der Waals surface area contributed by atoms with Crippen molar-refractivity contribution in [1.29, 1.82) is 0 Å². The van der Waals surface area contributed by atoms with Crippen LogP contribution in [0, 0.1) is 0 Å². The lowest BCUT2D eigenvalue weighted by atomic mass is 10.2. The minimum Gasteiger partial charge on any atom is -0.478 e. The quantitative estimate of drug-likeness (QED) is 0.661. The molecule has 1 aromatic heterocycles. The van der Waals surface area contributed by atoms with Crippen LogP contribution in [0.1, 0.15) is 10.4 Å². The number of para-hydroxylation sites is 1. The van der Waals surface area contributed by atoms with Gasteiger partial charge in [-0.2, -0.15) is 0 Å². The van der Waals surface area contributed by atoms with Crippen LogP contribution < -0.4 is 5.32 Å². The van der Waals surface area contributed by atoms with Crippen LogP contribution in [0.3, 0.4) is 0 Å². The predicted molar refractivity (Wildman–Crippen MR) is 77.7 cm³/mol. The second kappa shape index (κ2) is 5.95. The molecule has 0 fully saturated rings. The van der Waals surface area contributed by atoms with E-state index in [9.17, 15) is 4.79 Å². The van der Waals surface area contributed by atoms with E-state index in [-0.39, 0.29) is 16.5 Å². The van der Waals surface area contributed by atoms with Crippen molar-refractivity contribution in [3.8, 4) is 0 Å². The first-order chi connectivity index (χ1) is 9.11. The third-order valence-corrected chi connectivity index (χ3v) is 3.46. The Labute approximate surface area is 119 Å². The van der Waals surface area contributed by atoms with Crippen molar-refractivity contribution in [2.24, 2.45) is 0 Å². The second-order valence-electron chi connectivity index (χ2n) is 3.66. The standard InChI is InChI=1S/C13H11ClN2O2S/c1-19-10-5-3-2-4-9(10)15-12-8(13(17)18)6-7-11(14)16-12/h2-7H,1H3,(H,15,16)(H,17,18). The average molecular weight is 295 g/mol. The third-order valence-electron chi connectivity index (χ3n) is 2.45. The molecule has 0 aliphatic rings. The number of carboxylic acids is 1. The maximum atomic E-state index is 11.1. The molecular formula is C13H11ClN2O2S. The molecule has 2 N–H and O–H groups in total. The Bertz CT molecular complexity index is 619. The molecule has 0 saturated carbocycles. The number of pyridine rings is 1. The summed E-state index contributed by atoms with van der Waals surface area (Å²) in [7, 11) is 0. The van der Waals surface area contributed by atoms with E-state index in [1.807, 2.05) is 30.5 Å². The van der Waals surface area contributed by atoms with E-state index in [2.05, 4.69) is 10.3 Å². The molecule has 0 bridgehead atoms. The van der Waals surface area contributed by atoms with Crippen LogP contribution in [0.25, 0.3) is 0 Å². The van der Waals surface area contributed by atoms with Gasteiger partial charge in [0.05, 0.1) is 5.69 Å². The number of halogens is 1. The summed E-state index contributed by atoms with van der Waals surface area (Å²) in [4.78, 5) is 16.2. The first-order valence-corrected chi connectivity index (χ1v) is 7.02. The molecule has 6 heteroatoms. The first-order valence-electron chi connectivity index (χ1n) is 5.41. The molecule has 0 aliphatic heterocycles. The van der Waals surface area contributed by atoms with Crippen LogP contribution in [-0.4, -0.2) is 22.3 Å². The van der Waals surface area contributed by atoms with Gasteiger partial charge in [-0.3, -0.25) is 0 Å². The van der Waals surface area contributed by atoms with Crippen molar-refractivity contribution in [3.63, 3.8) is 0 Å². The number of nitrogens with one attached hydrogen (secondary N) is 1. The number of carboxylic acid groups (broad SMARTS) is 1. The Balaban J connectivity index is 2.42. The highest BCUT2D eigenvalue weighted by molar-refractivity contribution is 7.98. The van der Waals surface area contributed by atoms with Crippen LogP contribution in [0.2, 0.25) is 5.15 Å². The van der Waals surface area contributed by atoms with Gasteiger partial charge in [-0.1, -0.05) is 23.7 Å². The van der Waals surface area contributed by atoms with Gasteiger partial charge < -0.3 is 10.4 Å². The van der Waals surface area contributed by atoms with Gasteiger partial charge in [0.2, 0.25) is 0 Å². The van der Waals surface area contributed by atoms with Crippen molar-refractivity contribution in [2.45, 2.75) is 4.90 Å². The number of aromatic carboxylic acids is 1. The molecule has 1 aromatic carbocycles. The van der Waals surface area contributed by atoms with Crippen LogP contribution in [0.5, 0.6) is 0 Å². The summed E-state index contributed by atoms with van der Waals surface area (Å²) in [6.07, 6.45) is 1.95. The van der Waals surface area contributed by atoms with E-state index < -0.39 is 5.97 Å². The van der Waals surface area contributed by atoms with Gasteiger partial charge >= 0.3 is 5.97 Å². The number of carbonyl (C=O) groups is 1. The van der Waals surface area contributed by atoms with Gasteiger partial charge in [-0.05, 0) is 30.5 Å². The molecule has 0 aliphatic carbocycles. The largest absolute Gasteiger partial charge is 0.478 e. The number of hydrogen-bond acceptors (Lipinski definition) is 4. The number of aromatic nitrogens is 1. The molecule has 0 atom stereocenters. The maximum absolute atomic E-state index is 11.1. The molecule has 19 heavy (non-hydrogen) atoms. The zero-order chi connectivity index (χ0) is 13.8. The van der Waals surface area contributed by atoms with Gasteiger partial charge in [0, 0.05) is 4.90 Å². The normalized spacial score (nSPS) is 10.2. The van der Waals surface area contributed by atoms with E-state index in [0.29, 0.717) is 0 Å². The Morgan fingerprint density at radius 2 is 2.05 bits per heavy atom. The van der Waals surface area contributed by atoms with Crippen molar-refractivity contribution in [3.05, 3.63) is 47.1 Å². The van der Waals surface area contributed by atoms with Crippen molar-refractivity contribution < 1.29 is 9.90 Å². The lowest BCUT2D eigenvalue weighted by molar-refractivity contribution is 0.0697. The smallest absolute Gasteiger partial charge is 0.339 e. The lowest BCUT2D eigenvalue weighted by Gasteiger charge is -2.11. The van der Waals surface area contributed by atoms with Crippen molar-refractivity contribution in [2.75, 3.05) is 11.6 Å². The van der Waals surface area contributed by atoms with E-state index >= 15 is 0 Å². The lowest BCUT2D eigenvalue weighted by Crippen LogP contribution is -2.05. The zero-order valence-corrected chi connectivity index (χ0v) is 11.6. The molecule has 1 heterocycles. The first kappa shape index (κ1) is 13.7. The monoisotopic (exact) mass is 294 g/mol. The number of benzene rings is 1. The van der Waals surface area contributed by atoms with Gasteiger partial charge in [0.15, 0.2) is 0 Å². The molecule has 0 amide bonds. The predicted octanol–water partition coefficient (Wildman–Crippen LogP) is 3.90. The Hall–Kier alpha value is -1.72. The molecule has 2 rings (SSSR count). The fourth-order valence-corrected chi connectivity index (χ4v) is 2.28. The fourth-order valence-electron chi connectivity index (χ4n) is 1.58.